The van der Waals surface area contributed by atoms with Crippen LogP contribution in [0.5, 0.6) is 0 Å². The van der Waals surface area contributed by atoms with E-state index in [4.69, 9.17) is 4.98 Å². The molecule has 1 fully saturated rings. The van der Waals surface area contributed by atoms with Crippen molar-refractivity contribution in [2.45, 2.75) is 39.3 Å². The van der Waals surface area contributed by atoms with E-state index in [2.05, 4.69) is 44.3 Å². The van der Waals surface area contributed by atoms with Crippen LogP contribution in [0.4, 0.5) is 17.3 Å². The Balaban J connectivity index is 1.51. The lowest BCUT2D eigenvalue weighted by Gasteiger charge is -2.34. The lowest BCUT2D eigenvalue weighted by atomic mass is 10.1. The standard InChI is InChI=1S/C27H34N8O2/c1-18(2)34-25(36)21-17-28-26(29-19-9-11-20(12-10-19)33-15-13-32(5)14-16-33)31-24(21)35(34)23-8-6-7-22(30-23)27(3,4)37/h6-12,17-18,37H,13-16H2,1-5H3,(H,28,29,31). The first kappa shape index (κ1) is 24.9. The van der Waals surface area contributed by atoms with E-state index in [9.17, 15) is 9.90 Å². The molecule has 194 valence electrons. The highest BCUT2D eigenvalue weighted by atomic mass is 16.3. The van der Waals surface area contributed by atoms with Crippen molar-refractivity contribution in [2.75, 3.05) is 43.4 Å². The number of benzene rings is 1. The molecule has 1 aliphatic heterocycles. The van der Waals surface area contributed by atoms with Crippen LogP contribution in [0, 0.1) is 0 Å². The van der Waals surface area contributed by atoms with Crippen LogP contribution in [0.1, 0.15) is 39.4 Å². The van der Waals surface area contributed by atoms with Crippen LogP contribution in [-0.4, -0.2) is 67.5 Å². The zero-order chi connectivity index (χ0) is 26.3. The summed E-state index contributed by atoms with van der Waals surface area (Å²) in [5, 5.41) is 14.2. The molecule has 1 aromatic carbocycles. The maximum absolute atomic E-state index is 13.3. The summed E-state index contributed by atoms with van der Waals surface area (Å²) in [7, 11) is 2.15. The lowest BCUT2D eigenvalue weighted by Crippen LogP contribution is -2.44. The van der Waals surface area contributed by atoms with Gasteiger partial charge in [-0.3, -0.25) is 4.79 Å². The molecule has 10 nitrogen and oxygen atoms in total. The molecule has 0 atom stereocenters. The number of rotatable bonds is 6. The van der Waals surface area contributed by atoms with Crippen molar-refractivity contribution >= 4 is 28.4 Å². The van der Waals surface area contributed by atoms with E-state index in [0.717, 1.165) is 31.9 Å². The fraction of sp³-hybridized carbons (Fsp3) is 0.407. The van der Waals surface area contributed by atoms with Gasteiger partial charge in [0, 0.05) is 49.8 Å². The molecular weight excluding hydrogens is 468 g/mol. The first-order valence-electron chi connectivity index (χ1n) is 12.6. The topological polar surface area (TPSA) is 104 Å². The van der Waals surface area contributed by atoms with Gasteiger partial charge < -0.3 is 20.2 Å². The summed E-state index contributed by atoms with van der Waals surface area (Å²) >= 11 is 0. The van der Waals surface area contributed by atoms with Gasteiger partial charge in [0.15, 0.2) is 11.5 Å². The highest BCUT2D eigenvalue weighted by molar-refractivity contribution is 5.77. The number of piperazine rings is 1. The number of pyridine rings is 1. The Bertz CT molecular complexity index is 1460. The Morgan fingerprint density at radius 3 is 2.35 bits per heavy atom. The molecule has 10 heteroatoms. The van der Waals surface area contributed by atoms with E-state index in [0.29, 0.717) is 28.5 Å². The quantitative estimate of drug-likeness (QED) is 0.414. The first-order chi connectivity index (χ1) is 17.6. The van der Waals surface area contributed by atoms with Crippen molar-refractivity contribution in [3.05, 3.63) is 64.7 Å². The summed E-state index contributed by atoms with van der Waals surface area (Å²) in [5.74, 6) is 0.884. The Kier molecular flexibility index (Phi) is 6.47. The molecule has 0 unspecified atom stereocenters. The number of nitrogens with zero attached hydrogens (tertiary/aromatic N) is 7. The monoisotopic (exact) mass is 502 g/mol. The summed E-state index contributed by atoms with van der Waals surface area (Å²) in [4.78, 5) is 31.8. The number of nitrogens with one attached hydrogen (secondary N) is 1. The number of likely N-dealkylation sites (N-methyl/N-ethyl adjacent to an activating group) is 1. The molecule has 0 bridgehead atoms. The van der Waals surface area contributed by atoms with Crippen molar-refractivity contribution < 1.29 is 5.11 Å². The summed E-state index contributed by atoms with van der Waals surface area (Å²) in [6.45, 7) is 11.4. The Hall–Kier alpha value is -3.76. The molecule has 1 saturated heterocycles. The predicted molar refractivity (Wildman–Crippen MR) is 146 cm³/mol. The number of hydrogen-bond acceptors (Lipinski definition) is 8. The lowest BCUT2D eigenvalue weighted by molar-refractivity contribution is 0.0738. The van der Waals surface area contributed by atoms with Gasteiger partial charge in [0.1, 0.15) is 11.0 Å². The highest BCUT2D eigenvalue weighted by Crippen LogP contribution is 2.24. The molecule has 0 amide bonds. The predicted octanol–water partition coefficient (Wildman–Crippen LogP) is 3.28. The van der Waals surface area contributed by atoms with Crippen molar-refractivity contribution in [1.82, 2.24) is 29.2 Å². The molecular formula is C27H34N8O2. The molecule has 37 heavy (non-hydrogen) atoms. The average Bonchev–Trinajstić information content (AvgIpc) is 3.16. The zero-order valence-electron chi connectivity index (χ0n) is 22.0. The highest BCUT2D eigenvalue weighted by Gasteiger charge is 2.23. The zero-order valence-corrected chi connectivity index (χ0v) is 22.0. The number of fused-ring (bicyclic) bond motifs is 1. The van der Waals surface area contributed by atoms with Crippen molar-refractivity contribution in [3.63, 3.8) is 0 Å². The van der Waals surface area contributed by atoms with E-state index in [1.165, 1.54) is 5.69 Å². The smallest absolute Gasteiger partial charge is 0.278 e. The molecule has 0 spiro atoms. The third kappa shape index (κ3) is 4.94. The maximum atomic E-state index is 13.3. The van der Waals surface area contributed by atoms with E-state index in [1.54, 1.807) is 41.5 Å². The van der Waals surface area contributed by atoms with E-state index in [-0.39, 0.29) is 11.6 Å². The van der Waals surface area contributed by atoms with Crippen LogP contribution >= 0.6 is 0 Å². The minimum atomic E-state index is -1.13. The minimum absolute atomic E-state index is 0.146. The van der Waals surface area contributed by atoms with Crippen LogP contribution < -0.4 is 15.8 Å². The number of hydrogen-bond donors (Lipinski definition) is 2. The van der Waals surface area contributed by atoms with Gasteiger partial charge in [-0.1, -0.05) is 6.07 Å². The normalized spacial score (nSPS) is 15.1. The molecule has 1 aliphatic rings. The minimum Gasteiger partial charge on any atom is -0.384 e. The van der Waals surface area contributed by atoms with Crippen LogP contribution in [0.15, 0.2) is 53.5 Å². The number of aliphatic hydroxyl groups is 1. The second-order valence-corrected chi connectivity index (χ2v) is 10.4. The van der Waals surface area contributed by atoms with Crippen molar-refractivity contribution in [1.29, 1.82) is 0 Å². The van der Waals surface area contributed by atoms with Crippen LogP contribution in [0.3, 0.4) is 0 Å². The van der Waals surface area contributed by atoms with E-state index in [1.807, 2.05) is 32.0 Å². The summed E-state index contributed by atoms with van der Waals surface area (Å²) in [6, 6.07) is 13.5. The fourth-order valence-electron chi connectivity index (χ4n) is 4.58. The number of aromatic nitrogens is 5. The maximum Gasteiger partial charge on any atom is 0.278 e. The third-order valence-corrected chi connectivity index (χ3v) is 6.68. The Labute approximate surface area is 216 Å². The molecule has 0 aliphatic carbocycles. The van der Waals surface area contributed by atoms with Crippen LogP contribution in [0.25, 0.3) is 16.9 Å². The summed E-state index contributed by atoms with van der Waals surface area (Å²) in [5.41, 5.74) is 1.68. The second-order valence-electron chi connectivity index (χ2n) is 10.4. The molecule has 0 saturated carbocycles. The van der Waals surface area contributed by atoms with Gasteiger partial charge in [-0.05, 0) is 71.1 Å². The Morgan fingerprint density at radius 2 is 1.70 bits per heavy atom. The largest absolute Gasteiger partial charge is 0.384 e. The van der Waals surface area contributed by atoms with Gasteiger partial charge in [0.2, 0.25) is 5.95 Å². The van der Waals surface area contributed by atoms with Gasteiger partial charge in [0.05, 0.1) is 5.69 Å². The Morgan fingerprint density at radius 1 is 1.00 bits per heavy atom. The average molecular weight is 503 g/mol. The van der Waals surface area contributed by atoms with Crippen molar-refractivity contribution in [2.24, 2.45) is 0 Å². The van der Waals surface area contributed by atoms with Gasteiger partial charge in [-0.15, -0.1) is 0 Å². The number of anilines is 3. The van der Waals surface area contributed by atoms with Gasteiger partial charge >= 0.3 is 0 Å². The van der Waals surface area contributed by atoms with E-state index >= 15 is 0 Å². The fourth-order valence-corrected chi connectivity index (χ4v) is 4.58. The van der Waals surface area contributed by atoms with E-state index < -0.39 is 5.60 Å². The molecule has 4 heterocycles. The van der Waals surface area contributed by atoms with Crippen LogP contribution in [0.2, 0.25) is 0 Å². The molecule has 4 aromatic rings. The summed E-state index contributed by atoms with van der Waals surface area (Å²) in [6.07, 6.45) is 1.56. The summed E-state index contributed by atoms with van der Waals surface area (Å²) < 4.78 is 3.32. The molecule has 2 N–H and O–H groups in total. The van der Waals surface area contributed by atoms with Gasteiger partial charge in [-0.25, -0.2) is 19.3 Å². The molecule has 5 rings (SSSR count). The second kappa shape index (κ2) is 9.60. The third-order valence-electron chi connectivity index (χ3n) is 6.68. The first-order valence-corrected chi connectivity index (χ1v) is 12.6. The van der Waals surface area contributed by atoms with Crippen molar-refractivity contribution in [3.8, 4) is 5.82 Å². The van der Waals surface area contributed by atoms with Crippen LogP contribution in [-0.2, 0) is 5.60 Å². The van der Waals surface area contributed by atoms with Gasteiger partial charge in [-0.2, -0.15) is 4.98 Å². The SMILES string of the molecule is CC(C)n1c(=O)c2cnc(Nc3ccc(N4CCN(C)CC4)cc3)nc2n1-c1cccc(C(C)(C)O)n1. The van der Waals surface area contributed by atoms with Gasteiger partial charge in [0.25, 0.3) is 5.56 Å². The molecule has 3 aromatic heterocycles. The molecule has 0 radical (unpaired) electrons.